The predicted molar refractivity (Wildman–Crippen MR) is 145 cm³/mol. The summed E-state index contributed by atoms with van der Waals surface area (Å²) in [6.07, 6.45) is 8.07. The lowest BCUT2D eigenvalue weighted by molar-refractivity contribution is 0.600. The first kappa shape index (κ1) is 23.7. The second-order valence-corrected chi connectivity index (χ2v) is 11.5. The van der Waals surface area contributed by atoms with Crippen molar-refractivity contribution < 1.29 is 12.8 Å². The van der Waals surface area contributed by atoms with Crippen molar-refractivity contribution in [2.75, 3.05) is 17.7 Å². The number of H-pyrrole nitrogens is 2. The molecule has 4 N–H and O–H groups in total. The largest absolute Gasteiger partial charge is 0.397 e. The van der Waals surface area contributed by atoms with Gasteiger partial charge in [0, 0.05) is 64.0 Å². The number of sulfone groups is 1. The second kappa shape index (κ2) is 9.03. The number of fused-ring (bicyclic) bond motifs is 2. The van der Waals surface area contributed by atoms with Crippen LogP contribution in [0.5, 0.6) is 0 Å². The maximum Gasteiger partial charge on any atom is 0.181 e. The van der Waals surface area contributed by atoms with Crippen molar-refractivity contribution in [1.29, 1.82) is 0 Å². The minimum atomic E-state index is -3.18. The van der Waals surface area contributed by atoms with Crippen molar-refractivity contribution in [3.8, 4) is 33.8 Å². The van der Waals surface area contributed by atoms with Gasteiger partial charge in [-0.25, -0.2) is 17.8 Å². The van der Waals surface area contributed by atoms with Crippen LogP contribution in [0.1, 0.15) is 5.56 Å². The number of rotatable bonds is 6. The Morgan fingerprint density at radius 1 is 0.947 bits per heavy atom. The van der Waals surface area contributed by atoms with E-state index in [0.717, 1.165) is 38.8 Å². The van der Waals surface area contributed by atoms with Crippen molar-refractivity contribution in [2.24, 2.45) is 0 Å². The number of hydrogen-bond donors (Lipinski definition) is 3. The van der Waals surface area contributed by atoms with Crippen LogP contribution in [-0.2, 0) is 16.3 Å². The summed E-state index contributed by atoms with van der Waals surface area (Å²) >= 11 is 0. The quantitative estimate of drug-likeness (QED) is 0.288. The average Bonchev–Trinajstić information content (AvgIpc) is 3.50. The number of nitrogen functional groups attached to an aromatic ring is 1. The molecule has 0 atom stereocenters. The van der Waals surface area contributed by atoms with Crippen LogP contribution in [0.2, 0.25) is 0 Å². The highest BCUT2D eigenvalue weighted by atomic mass is 32.2. The molecule has 0 radical (unpaired) electrons. The molecule has 1 aromatic carbocycles. The van der Waals surface area contributed by atoms with Gasteiger partial charge in [0.1, 0.15) is 15.7 Å². The first-order chi connectivity index (χ1) is 18.2. The zero-order valence-corrected chi connectivity index (χ0v) is 21.1. The highest BCUT2D eigenvalue weighted by molar-refractivity contribution is 7.90. The number of halogens is 1. The van der Waals surface area contributed by atoms with Crippen LogP contribution < -0.4 is 5.73 Å². The minimum Gasteiger partial charge on any atom is -0.397 e. The Labute approximate surface area is 216 Å². The molecule has 38 heavy (non-hydrogen) atoms. The molecule has 9 nitrogen and oxygen atoms in total. The maximum atomic E-state index is 14.5. The van der Waals surface area contributed by atoms with E-state index in [1.54, 1.807) is 30.9 Å². The van der Waals surface area contributed by atoms with Crippen LogP contribution in [0, 0.1) is 5.82 Å². The smallest absolute Gasteiger partial charge is 0.181 e. The minimum absolute atomic E-state index is 0.0591. The number of nitrogens with zero attached hydrogens (tertiary/aromatic N) is 4. The van der Waals surface area contributed by atoms with Gasteiger partial charge in [-0.15, -0.1) is 0 Å². The Balaban J connectivity index is 1.43. The monoisotopic (exact) mass is 527 g/mol. The Morgan fingerprint density at radius 3 is 2.61 bits per heavy atom. The number of benzene rings is 1. The van der Waals surface area contributed by atoms with Gasteiger partial charge in [0.05, 0.1) is 28.5 Å². The summed E-state index contributed by atoms with van der Waals surface area (Å²) in [5.41, 5.74) is 12.7. The SMILES string of the molecule is CS(=O)(=O)CCc1cc(F)cc(-c2nccc3[nH]c(-c4[nH]nc5ncc(-c6cncc(N)c6)cc45)cc23)c1. The van der Waals surface area contributed by atoms with Crippen LogP contribution in [-0.4, -0.2) is 50.6 Å². The third-order valence-electron chi connectivity index (χ3n) is 6.31. The van der Waals surface area contributed by atoms with E-state index >= 15 is 0 Å². The van der Waals surface area contributed by atoms with E-state index in [1.165, 1.54) is 18.4 Å². The van der Waals surface area contributed by atoms with Crippen molar-refractivity contribution in [2.45, 2.75) is 6.42 Å². The molecule has 0 aliphatic carbocycles. The molecule has 190 valence electrons. The van der Waals surface area contributed by atoms with E-state index in [1.807, 2.05) is 24.3 Å². The fourth-order valence-corrected chi connectivity index (χ4v) is 5.14. The topological polar surface area (TPSA) is 143 Å². The summed E-state index contributed by atoms with van der Waals surface area (Å²) in [5.74, 6) is -0.508. The lowest BCUT2D eigenvalue weighted by Crippen LogP contribution is -2.06. The van der Waals surface area contributed by atoms with E-state index in [9.17, 15) is 12.8 Å². The number of nitrogens with two attached hydrogens (primary N) is 1. The number of hydrogen-bond acceptors (Lipinski definition) is 7. The molecule has 0 spiro atoms. The second-order valence-electron chi connectivity index (χ2n) is 9.23. The van der Waals surface area contributed by atoms with Crippen molar-refractivity contribution >= 4 is 37.5 Å². The summed E-state index contributed by atoms with van der Waals surface area (Å²) in [7, 11) is -3.18. The third-order valence-corrected chi connectivity index (χ3v) is 7.26. The molecular formula is C27H22FN7O2S. The van der Waals surface area contributed by atoms with Gasteiger partial charge in [-0.2, -0.15) is 5.10 Å². The Kier molecular flexibility index (Phi) is 5.64. The highest BCUT2D eigenvalue weighted by Crippen LogP contribution is 2.34. The summed E-state index contributed by atoms with van der Waals surface area (Å²) in [4.78, 5) is 16.6. The van der Waals surface area contributed by atoms with Gasteiger partial charge in [-0.3, -0.25) is 15.1 Å². The van der Waals surface area contributed by atoms with Crippen LogP contribution in [0.25, 0.3) is 55.7 Å². The molecule has 5 heterocycles. The fourth-order valence-electron chi connectivity index (χ4n) is 4.53. The Bertz CT molecular complexity index is 1950. The first-order valence-corrected chi connectivity index (χ1v) is 13.8. The number of nitrogens with one attached hydrogen (secondary N) is 2. The first-order valence-electron chi connectivity index (χ1n) is 11.7. The van der Waals surface area contributed by atoms with E-state index in [2.05, 4.69) is 30.1 Å². The van der Waals surface area contributed by atoms with Gasteiger partial charge >= 0.3 is 0 Å². The lowest BCUT2D eigenvalue weighted by Gasteiger charge is -2.07. The van der Waals surface area contributed by atoms with Gasteiger partial charge in [0.2, 0.25) is 0 Å². The molecule has 0 bridgehead atoms. The number of aromatic nitrogens is 6. The predicted octanol–water partition coefficient (Wildman–Crippen LogP) is 4.54. The van der Waals surface area contributed by atoms with E-state index in [-0.39, 0.29) is 12.2 Å². The molecule has 0 saturated carbocycles. The van der Waals surface area contributed by atoms with Gasteiger partial charge < -0.3 is 10.7 Å². The molecule has 11 heteroatoms. The summed E-state index contributed by atoms with van der Waals surface area (Å²) < 4.78 is 37.7. The molecule has 6 rings (SSSR count). The van der Waals surface area contributed by atoms with Gasteiger partial charge in [-0.05, 0) is 54.4 Å². The van der Waals surface area contributed by atoms with Gasteiger partial charge in [0.25, 0.3) is 0 Å². The van der Waals surface area contributed by atoms with Crippen LogP contribution >= 0.6 is 0 Å². The average molecular weight is 528 g/mol. The Morgan fingerprint density at radius 2 is 1.79 bits per heavy atom. The zero-order valence-electron chi connectivity index (χ0n) is 20.2. The van der Waals surface area contributed by atoms with E-state index in [0.29, 0.717) is 28.2 Å². The Hall–Kier alpha value is -4.64. The molecule has 5 aromatic heterocycles. The highest BCUT2D eigenvalue weighted by Gasteiger charge is 2.16. The van der Waals surface area contributed by atoms with Crippen molar-refractivity contribution in [1.82, 2.24) is 30.1 Å². The maximum absolute atomic E-state index is 14.5. The number of aryl methyl sites for hydroxylation is 1. The fraction of sp³-hybridized carbons (Fsp3) is 0.111. The lowest BCUT2D eigenvalue weighted by atomic mass is 10.0. The van der Waals surface area contributed by atoms with Crippen molar-refractivity contribution in [3.05, 3.63) is 78.6 Å². The van der Waals surface area contributed by atoms with E-state index < -0.39 is 15.7 Å². The molecule has 0 saturated heterocycles. The standard InChI is InChI=1S/C27H22FN7O2S/c1-38(36,37)5-3-15-6-16(8-19(28)7-15)25-21-11-24(33-23(21)2-4-31-25)26-22-10-18(13-32-27(22)35-34-26)17-9-20(29)14-30-12-17/h2,4,6-14,33H,3,5,29H2,1H3,(H,32,34,35). The van der Waals surface area contributed by atoms with Gasteiger partial charge in [-0.1, -0.05) is 0 Å². The van der Waals surface area contributed by atoms with E-state index in [4.69, 9.17) is 5.73 Å². The molecule has 0 amide bonds. The molecule has 0 unspecified atom stereocenters. The zero-order chi connectivity index (χ0) is 26.4. The van der Waals surface area contributed by atoms with Crippen LogP contribution in [0.4, 0.5) is 10.1 Å². The molecular weight excluding hydrogens is 505 g/mol. The van der Waals surface area contributed by atoms with Gasteiger partial charge in [0.15, 0.2) is 5.65 Å². The normalized spacial score (nSPS) is 11.9. The summed E-state index contributed by atoms with van der Waals surface area (Å²) in [6, 6.07) is 12.1. The molecule has 0 fully saturated rings. The van der Waals surface area contributed by atoms with Crippen molar-refractivity contribution in [3.63, 3.8) is 0 Å². The van der Waals surface area contributed by atoms with Crippen LogP contribution in [0.3, 0.4) is 0 Å². The molecule has 6 aromatic rings. The third kappa shape index (κ3) is 4.59. The summed E-state index contributed by atoms with van der Waals surface area (Å²) in [6.45, 7) is 0. The molecule has 0 aliphatic rings. The summed E-state index contributed by atoms with van der Waals surface area (Å²) in [5, 5.41) is 9.01. The number of aromatic amines is 2. The van der Waals surface area contributed by atoms with Crippen LogP contribution in [0.15, 0.2) is 67.3 Å². The molecule has 0 aliphatic heterocycles. The number of anilines is 1. The number of pyridine rings is 3.